The van der Waals surface area contributed by atoms with Gasteiger partial charge in [-0.05, 0) is 49.7 Å². The Balaban J connectivity index is 1.82. The molecule has 0 heterocycles. The van der Waals surface area contributed by atoms with E-state index in [1.807, 2.05) is 0 Å². The summed E-state index contributed by atoms with van der Waals surface area (Å²) in [5, 5.41) is 3.48. The maximum atomic E-state index is 3.48. The highest BCUT2D eigenvalue weighted by Crippen LogP contribution is 2.12. The molecule has 2 aromatic carbocycles. The monoisotopic (exact) mass is 296 g/mol. The second kappa shape index (κ2) is 8.60. The van der Waals surface area contributed by atoms with Crippen LogP contribution in [0.5, 0.6) is 0 Å². The summed E-state index contributed by atoms with van der Waals surface area (Å²) >= 11 is 0. The zero-order valence-corrected chi connectivity index (χ0v) is 14.1. The summed E-state index contributed by atoms with van der Waals surface area (Å²) < 4.78 is 0. The fourth-order valence-corrected chi connectivity index (χ4v) is 2.53. The average molecular weight is 296 g/mol. The Labute approximate surface area is 135 Å². The van der Waals surface area contributed by atoms with Gasteiger partial charge in [0.05, 0.1) is 0 Å². The SMILES string of the molecule is CCN(CC)CCc1ccc(NCc2ccc(C)cc2)cc1. The first kappa shape index (κ1) is 16.6. The molecule has 2 rings (SSSR count). The standard InChI is InChI=1S/C20H28N2/c1-4-22(5-2)15-14-18-10-12-20(13-11-18)21-16-19-8-6-17(3)7-9-19/h6-13,21H,4-5,14-16H2,1-3H3. The van der Waals surface area contributed by atoms with Crippen LogP contribution in [0.2, 0.25) is 0 Å². The first-order valence-electron chi connectivity index (χ1n) is 8.32. The number of rotatable bonds is 8. The van der Waals surface area contributed by atoms with Gasteiger partial charge in [-0.3, -0.25) is 0 Å². The molecule has 118 valence electrons. The lowest BCUT2D eigenvalue weighted by atomic mass is 10.1. The van der Waals surface area contributed by atoms with Gasteiger partial charge in [-0.1, -0.05) is 55.8 Å². The van der Waals surface area contributed by atoms with Crippen LogP contribution in [0, 0.1) is 6.92 Å². The highest BCUT2D eigenvalue weighted by Gasteiger charge is 2.00. The third-order valence-corrected chi connectivity index (χ3v) is 4.18. The number of anilines is 1. The van der Waals surface area contributed by atoms with E-state index in [0.717, 1.165) is 32.6 Å². The molecular weight excluding hydrogens is 268 g/mol. The van der Waals surface area contributed by atoms with Gasteiger partial charge >= 0.3 is 0 Å². The van der Waals surface area contributed by atoms with Gasteiger partial charge in [0.15, 0.2) is 0 Å². The molecule has 2 nitrogen and oxygen atoms in total. The van der Waals surface area contributed by atoms with E-state index in [0.29, 0.717) is 0 Å². The number of hydrogen-bond donors (Lipinski definition) is 1. The fraction of sp³-hybridized carbons (Fsp3) is 0.400. The van der Waals surface area contributed by atoms with Crippen molar-refractivity contribution in [1.29, 1.82) is 0 Å². The average Bonchev–Trinajstić information content (AvgIpc) is 2.56. The molecular formula is C20H28N2. The predicted molar refractivity (Wildman–Crippen MR) is 96.4 cm³/mol. The molecule has 0 saturated carbocycles. The number of nitrogens with zero attached hydrogens (tertiary/aromatic N) is 1. The van der Waals surface area contributed by atoms with Gasteiger partial charge in [0.25, 0.3) is 0 Å². The molecule has 0 radical (unpaired) electrons. The van der Waals surface area contributed by atoms with Crippen LogP contribution in [-0.2, 0) is 13.0 Å². The third-order valence-electron chi connectivity index (χ3n) is 4.18. The summed E-state index contributed by atoms with van der Waals surface area (Å²) in [7, 11) is 0. The number of aryl methyl sites for hydroxylation is 1. The molecule has 0 amide bonds. The predicted octanol–water partition coefficient (Wildman–Crippen LogP) is 4.49. The van der Waals surface area contributed by atoms with Gasteiger partial charge in [-0.15, -0.1) is 0 Å². The Morgan fingerprint density at radius 1 is 0.818 bits per heavy atom. The van der Waals surface area contributed by atoms with Crippen molar-refractivity contribution in [2.75, 3.05) is 25.0 Å². The van der Waals surface area contributed by atoms with Crippen LogP contribution in [0.1, 0.15) is 30.5 Å². The summed E-state index contributed by atoms with van der Waals surface area (Å²) in [6.45, 7) is 10.8. The van der Waals surface area contributed by atoms with Gasteiger partial charge in [-0.2, -0.15) is 0 Å². The van der Waals surface area contributed by atoms with Gasteiger partial charge in [0, 0.05) is 18.8 Å². The molecule has 1 N–H and O–H groups in total. The summed E-state index contributed by atoms with van der Waals surface area (Å²) in [6.07, 6.45) is 1.12. The van der Waals surface area contributed by atoms with E-state index in [1.54, 1.807) is 0 Å². The van der Waals surface area contributed by atoms with Crippen molar-refractivity contribution in [3.05, 3.63) is 65.2 Å². The van der Waals surface area contributed by atoms with E-state index >= 15 is 0 Å². The molecule has 0 unspecified atom stereocenters. The largest absolute Gasteiger partial charge is 0.381 e. The normalized spacial score (nSPS) is 10.9. The van der Waals surface area contributed by atoms with Crippen molar-refractivity contribution in [3.8, 4) is 0 Å². The van der Waals surface area contributed by atoms with E-state index < -0.39 is 0 Å². The highest BCUT2D eigenvalue weighted by atomic mass is 15.1. The molecule has 2 aromatic rings. The quantitative estimate of drug-likeness (QED) is 0.772. The number of likely N-dealkylation sites (N-methyl/N-ethyl adjacent to an activating group) is 1. The smallest absolute Gasteiger partial charge is 0.0400 e. The lowest BCUT2D eigenvalue weighted by molar-refractivity contribution is 0.308. The molecule has 0 bridgehead atoms. The van der Waals surface area contributed by atoms with Crippen molar-refractivity contribution < 1.29 is 0 Å². The highest BCUT2D eigenvalue weighted by molar-refractivity contribution is 5.45. The van der Waals surface area contributed by atoms with Crippen molar-refractivity contribution in [2.45, 2.75) is 33.7 Å². The summed E-state index contributed by atoms with van der Waals surface area (Å²) in [5.41, 5.74) is 5.22. The Morgan fingerprint density at radius 3 is 2.00 bits per heavy atom. The molecule has 0 atom stereocenters. The summed E-state index contributed by atoms with van der Waals surface area (Å²) in [5.74, 6) is 0. The minimum atomic E-state index is 0.874. The van der Waals surface area contributed by atoms with Crippen LogP contribution in [0.15, 0.2) is 48.5 Å². The second-order valence-corrected chi connectivity index (χ2v) is 5.81. The van der Waals surface area contributed by atoms with E-state index in [2.05, 4.69) is 79.5 Å². The second-order valence-electron chi connectivity index (χ2n) is 5.81. The molecule has 0 aliphatic rings. The lowest BCUT2D eigenvalue weighted by Crippen LogP contribution is -2.25. The third kappa shape index (κ3) is 5.19. The molecule has 0 aliphatic heterocycles. The Hall–Kier alpha value is -1.80. The van der Waals surface area contributed by atoms with Crippen molar-refractivity contribution >= 4 is 5.69 Å². The van der Waals surface area contributed by atoms with E-state index in [1.165, 1.54) is 22.4 Å². The zero-order chi connectivity index (χ0) is 15.8. The van der Waals surface area contributed by atoms with Crippen LogP contribution < -0.4 is 5.32 Å². The number of benzene rings is 2. The Bertz CT molecular complexity index is 539. The molecule has 22 heavy (non-hydrogen) atoms. The molecule has 0 aromatic heterocycles. The van der Waals surface area contributed by atoms with Crippen LogP contribution in [0.3, 0.4) is 0 Å². The first-order valence-corrected chi connectivity index (χ1v) is 8.32. The van der Waals surface area contributed by atoms with Gasteiger partial charge < -0.3 is 10.2 Å². The first-order chi connectivity index (χ1) is 10.7. The van der Waals surface area contributed by atoms with Crippen LogP contribution >= 0.6 is 0 Å². The Morgan fingerprint density at radius 2 is 1.41 bits per heavy atom. The topological polar surface area (TPSA) is 15.3 Å². The zero-order valence-electron chi connectivity index (χ0n) is 14.1. The van der Waals surface area contributed by atoms with Crippen molar-refractivity contribution in [1.82, 2.24) is 4.90 Å². The molecule has 0 aliphatic carbocycles. The van der Waals surface area contributed by atoms with Gasteiger partial charge in [0.1, 0.15) is 0 Å². The minimum absolute atomic E-state index is 0.874. The molecule has 0 fully saturated rings. The van der Waals surface area contributed by atoms with E-state index in [9.17, 15) is 0 Å². The van der Waals surface area contributed by atoms with Crippen molar-refractivity contribution in [3.63, 3.8) is 0 Å². The maximum absolute atomic E-state index is 3.48. The van der Waals surface area contributed by atoms with Gasteiger partial charge in [-0.25, -0.2) is 0 Å². The number of hydrogen-bond acceptors (Lipinski definition) is 2. The summed E-state index contributed by atoms with van der Waals surface area (Å²) in [4.78, 5) is 2.46. The van der Waals surface area contributed by atoms with Crippen molar-refractivity contribution in [2.24, 2.45) is 0 Å². The maximum Gasteiger partial charge on any atom is 0.0400 e. The fourth-order valence-electron chi connectivity index (χ4n) is 2.53. The molecule has 0 spiro atoms. The Kier molecular flexibility index (Phi) is 6.47. The van der Waals surface area contributed by atoms with Crippen LogP contribution in [-0.4, -0.2) is 24.5 Å². The molecule has 2 heteroatoms. The molecule has 0 saturated heterocycles. The van der Waals surface area contributed by atoms with E-state index in [-0.39, 0.29) is 0 Å². The lowest BCUT2D eigenvalue weighted by Gasteiger charge is -2.17. The summed E-state index contributed by atoms with van der Waals surface area (Å²) in [6, 6.07) is 17.5. The van der Waals surface area contributed by atoms with Crippen LogP contribution in [0.25, 0.3) is 0 Å². The number of nitrogens with one attached hydrogen (secondary N) is 1. The van der Waals surface area contributed by atoms with Crippen LogP contribution in [0.4, 0.5) is 5.69 Å². The van der Waals surface area contributed by atoms with Gasteiger partial charge in [0.2, 0.25) is 0 Å². The van der Waals surface area contributed by atoms with E-state index in [4.69, 9.17) is 0 Å². The minimum Gasteiger partial charge on any atom is -0.381 e.